The Bertz CT molecular complexity index is 742. The van der Waals surface area contributed by atoms with Crippen LogP contribution in [-0.4, -0.2) is 80.4 Å². The molecule has 0 aliphatic carbocycles. The van der Waals surface area contributed by atoms with Crippen LogP contribution >= 0.6 is 0 Å². The number of carbonyl (C=O) groups excluding carboxylic acids is 2. The van der Waals surface area contributed by atoms with Gasteiger partial charge in [0, 0.05) is 38.4 Å². The number of nitrogens with zero attached hydrogens (tertiary/aromatic N) is 2. The fourth-order valence-electron chi connectivity index (χ4n) is 4.03. The largest absolute Gasteiger partial charge is 0.493 e. The van der Waals surface area contributed by atoms with Gasteiger partial charge in [0.15, 0.2) is 11.5 Å². The van der Waals surface area contributed by atoms with E-state index < -0.39 is 0 Å². The van der Waals surface area contributed by atoms with Crippen molar-refractivity contribution in [1.29, 1.82) is 0 Å². The fraction of sp³-hybridized carbons (Fsp3) is 0.636. The summed E-state index contributed by atoms with van der Waals surface area (Å²) in [6.07, 6.45) is 1.96. The van der Waals surface area contributed by atoms with Gasteiger partial charge < -0.3 is 29.3 Å². The molecule has 2 fully saturated rings. The Labute approximate surface area is 178 Å². The van der Waals surface area contributed by atoms with Crippen molar-refractivity contribution < 1.29 is 23.8 Å². The number of methoxy groups -OCH3 is 2. The van der Waals surface area contributed by atoms with Crippen LogP contribution in [0.1, 0.15) is 32.3 Å². The summed E-state index contributed by atoms with van der Waals surface area (Å²) in [5.74, 6) is 1.30. The van der Waals surface area contributed by atoms with E-state index >= 15 is 0 Å². The van der Waals surface area contributed by atoms with Crippen molar-refractivity contribution in [1.82, 2.24) is 15.1 Å². The highest BCUT2D eigenvalue weighted by Crippen LogP contribution is 2.29. The number of likely N-dealkylation sites (tertiary alicyclic amines) is 1. The maximum absolute atomic E-state index is 12.8. The summed E-state index contributed by atoms with van der Waals surface area (Å²) < 4.78 is 16.0. The molecular weight excluding hydrogens is 386 g/mol. The number of hydrogen-bond acceptors (Lipinski definition) is 5. The average Bonchev–Trinajstić information content (AvgIpc) is 2.70. The van der Waals surface area contributed by atoms with Gasteiger partial charge in [0.25, 0.3) is 0 Å². The third-order valence-electron chi connectivity index (χ3n) is 5.64. The van der Waals surface area contributed by atoms with Crippen LogP contribution in [-0.2, 0) is 16.0 Å². The zero-order valence-corrected chi connectivity index (χ0v) is 18.3. The van der Waals surface area contributed by atoms with Gasteiger partial charge in [-0.2, -0.15) is 0 Å². The summed E-state index contributed by atoms with van der Waals surface area (Å²) >= 11 is 0. The van der Waals surface area contributed by atoms with E-state index in [0.717, 1.165) is 18.4 Å². The third-order valence-corrected chi connectivity index (χ3v) is 5.64. The molecular formula is C22H33N3O5. The number of ether oxygens (including phenoxy) is 3. The standard InChI is InChI=1S/C22H33N3O5/c1-15(2)23-22(27)25(17-7-9-30-10-8-17)18-13-24(14-18)21(26)12-16-5-6-19(28-3)20(11-16)29-4/h5-6,11,15,17-18H,7-10,12-14H2,1-4H3,(H,23,27). The minimum Gasteiger partial charge on any atom is -0.493 e. The van der Waals surface area contributed by atoms with E-state index in [1.54, 1.807) is 14.2 Å². The van der Waals surface area contributed by atoms with Gasteiger partial charge in [-0.1, -0.05) is 6.07 Å². The number of carbonyl (C=O) groups is 2. The molecule has 3 rings (SSSR count). The van der Waals surface area contributed by atoms with E-state index in [2.05, 4.69) is 5.32 Å². The predicted octanol–water partition coefficient (Wildman–Crippen LogP) is 2.06. The zero-order chi connectivity index (χ0) is 21.7. The van der Waals surface area contributed by atoms with E-state index in [0.29, 0.717) is 44.2 Å². The van der Waals surface area contributed by atoms with Gasteiger partial charge in [0.1, 0.15) is 0 Å². The van der Waals surface area contributed by atoms with Crippen molar-refractivity contribution in [3.05, 3.63) is 23.8 Å². The zero-order valence-electron chi connectivity index (χ0n) is 18.3. The van der Waals surface area contributed by atoms with Gasteiger partial charge >= 0.3 is 6.03 Å². The lowest BCUT2D eigenvalue weighted by Gasteiger charge is -2.49. The van der Waals surface area contributed by atoms with E-state index in [1.165, 1.54) is 0 Å². The molecule has 0 aromatic heterocycles. The monoisotopic (exact) mass is 419 g/mol. The second-order valence-electron chi connectivity index (χ2n) is 8.17. The molecule has 30 heavy (non-hydrogen) atoms. The van der Waals surface area contributed by atoms with Crippen LogP contribution in [0.4, 0.5) is 4.79 Å². The Morgan fingerprint density at radius 2 is 1.80 bits per heavy atom. The molecule has 0 saturated carbocycles. The fourth-order valence-corrected chi connectivity index (χ4v) is 4.03. The maximum atomic E-state index is 12.8. The molecule has 2 saturated heterocycles. The molecule has 0 atom stereocenters. The van der Waals surface area contributed by atoms with Crippen LogP contribution in [0.3, 0.4) is 0 Å². The van der Waals surface area contributed by atoms with E-state index in [9.17, 15) is 9.59 Å². The first-order valence-corrected chi connectivity index (χ1v) is 10.6. The topological polar surface area (TPSA) is 80.3 Å². The molecule has 166 valence electrons. The lowest BCUT2D eigenvalue weighted by atomic mass is 9.99. The molecule has 3 amide bonds. The van der Waals surface area contributed by atoms with Gasteiger partial charge in [-0.3, -0.25) is 4.79 Å². The highest BCUT2D eigenvalue weighted by Gasteiger charge is 2.40. The maximum Gasteiger partial charge on any atom is 0.318 e. The first-order chi connectivity index (χ1) is 14.4. The molecule has 1 aromatic rings. The van der Waals surface area contributed by atoms with E-state index in [4.69, 9.17) is 14.2 Å². The van der Waals surface area contributed by atoms with Gasteiger partial charge in [-0.05, 0) is 44.4 Å². The summed E-state index contributed by atoms with van der Waals surface area (Å²) in [4.78, 5) is 29.3. The number of rotatable bonds is 7. The lowest BCUT2D eigenvalue weighted by molar-refractivity contribution is -0.138. The third kappa shape index (κ3) is 5.16. The molecule has 1 aromatic carbocycles. The summed E-state index contributed by atoms with van der Waals surface area (Å²) in [5.41, 5.74) is 0.875. The van der Waals surface area contributed by atoms with Crippen molar-refractivity contribution in [3.8, 4) is 11.5 Å². The van der Waals surface area contributed by atoms with Crippen LogP contribution in [0.15, 0.2) is 18.2 Å². The molecule has 2 aliphatic heterocycles. The summed E-state index contributed by atoms with van der Waals surface area (Å²) in [6, 6.07) is 5.74. The molecule has 2 aliphatic rings. The Morgan fingerprint density at radius 1 is 1.13 bits per heavy atom. The van der Waals surface area contributed by atoms with Crippen LogP contribution in [0.2, 0.25) is 0 Å². The van der Waals surface area contributed by atoms with Crippen LogP contribution in [0.25, 0.3) is 0 Å². The van der Waals surface area contributed by atoms with Crippen LogP contribution in [0, 0.1) is 0 Å². The second kappa shape index (κ2) is 10.0. The normalized spacial score (nSPS) is 17.4. The molecule has 0 spiro atoms. The summed E-state index contributed by atoms with van der Waals surface area (Å²) in [6.45, 7) is 6.39. The number of nitrogens with one attached hydrogen (secondary N) is 1. The molecule has 8 heteroatoms. The quantitative estimate of drug-likeness (QED) is 0.732. The first kappa shape index (κ1) is 22.2. The average molecular weight is 420 g/mol. The second-order valence-corrected chi connectivity index (χ2v) is 8.17. The molecule has 8 nitrogen and oxygen atoms in total. The first-order valence-electron chi connectivity index (χ1n) is 10.6. The predicted molar refractivity (Wildman–Crippen MR) is 113 cm³/mol. The Balaban J connectivity index is 1.60. The Kier molecular flexibility index (Phi) is 7.42. The van der Waals surface area contributed by atoms with Gasteiger partial charge in [0.05, 0.1) is 26.7 Å². The van der Waals surface area contributed by atoms with E-state index in [-0.39, 0.29) is 30.1 Å². The van der Waals surface area contributed by atoms with Gasteiger partial charge in [0.2, 0.25) is 5.91 Å². The lowest BCUT2D eigenvalue weighted by Crippen LogP contribution is -2.66. The summed E-state index contributed by atoms with van der Waals surface area (Å²) in [7, 11) is 3.17. The van der Waals surface area contributed by atoms with Crippen molar-refractivity contribution in [2.45, 2.75) is 51.2 Å². The highest BCUT2D eigenvalue weighted by atomic mass is 16.5. The summed E-state index contributed by atoms with van der Waals surface area (Å²) in [5, 5.41) is 3.01. The minimum atomic E-state index is -0.0473. The Morgan fingerprint density at radius 3 is 2.40 bits per heavy atom. The minimum absolute atomic E-state index is 0.0428. The van der Waals surface area contributed by atoms with E-state index in [1.807, 2.05) is 41.8 Å². The van der Waals surface area contributed by atoms with Gasteiger partial charge in [-0.15, -0.1) is 0 Å². The van der Waals surface area contributed by atoms with Crippen molar-refractivity contribution in [2.24, 2.45) is 0 Å². The molecule has 1 N–H and O–H groups in total. The van der Waals surface area contributed by atoms with Gasteiger partial charge in [-0.25, -0.2) is 4.79 Å². The Hall–Kier alpha value is -2.48. The molecule has 0 radical (unpaired) electrons. The number of urea groups is 1. The molecule has 2 heterocycles. The highest BCUT2D eigenvalue weighted by molar-refractivity contribution is 5.81. The SMILES string of the molecule is COc1ccc(CC(=O)N2CC(N(C(=O)NC(C)C)C3CCOCC3)C2)cc1OC. The number of hydrogen-bond donors (Lipinski definition) is 1. The number of amides is 3. The number of benzene rings is 1. The van der Waals surface area contributed by atoms with Crippen molar-refractivity contribution >= 4 is 11.9 Å². The van der Waals surface area contributed by atoms with Crippen LogP contribution < -0.4 is 14.8 Å². The van der Waals surface area contributed by atoms with Crippen molar-refractivity contribution in [3.63, 3.8) is 0 Å². The molecule has 0 bridgehead atoms. The smallest absolute Gasteiger partial charge is 0.318 e. The molecule has 0 unspecified atom stereocenters. The van der Waals surface area contributed by atoms with Crippen LogP contribution in [0.5, 0.6) is 11.5 Å². The van der Waals surface area contributed by atoms with Crippen molar-refractivity contribution in [2.75, 3.05) is 40.5 Å².